The predicted octanol–water partition coefficient (Wildman–Crippen LogP) is 1.84. The Hall–Kier alpha value is -0.770. The van der Waals surface area contributed by atoms with Crippen LogP contribution < -0.4 is 5.73 Å². The lowest BCUT2D eigenvalue weighted by atomic mass is 10.00. The molecule has 0 aromatic heterocycles. The smallest absolute Gasteiger partial charge is 0.231 e. The summed E-state index contributed by atoms with van der Waals surface area (Å²) in [7, 11) is 0. The Bertz CT molecular complexity index is 434. The van der Waals surface area contributed by atoms with E-state index in [4.69, 9.17) is 28.9 Å². The summed E-state index contributed by atoms with van der Waals surface area (Å²) in [5.41, 5.74) is 7.39. The van der Waals surface area contributed by atoms with Crippen LogP contribution in [-0.4, -0.2) is 23.9 Å². The Labute approximate surface area is 104 Å². The quantitative estimate of drug-likeness (QED) is 0.880. The molecule has 1 heterocycles. The van der Waals surface area contributed by atoms with Gasteiger partial charge in [-0.05, 0) is 29.7 Å². The molecule has 0 saturated heterocycles. The van der Waals surface area contributed by atoms with E-state index in [9.17, 15) is 4.79 Å². The minimum atomic E-state index is -0.309. The minimum absolute atomic E-state index is 0.281. The van der Waals surface area contributed by atoms with Crippen LogP contribution in [0.4, 0.5) is 0 Å². The number of benzene rings is 1. The molecule has 86 valence electrons. The highest BCUT2D eigenvalue weighted by atomic mass is 35.5. The van der Waals surface area contributed by atoms with Gasteiger partial charge in [-0.1, -0.05) is 23.2 Å². The molecule has 2 N–H and O–H groups in total. The molecule has 0 unspecified atom stereocenters. The van der Waals surface area contributed by atoms with Crippen molar-refractivity contribution in [3.05, 3.63) is 33.3 Å². The van der Waals surface area contributed by atoms with E-state index in [1.807, 2.05) is 11.0 Å². The Morgan fingerprint density at radius 1 is 1.44 bits per heavy atom. The number of nitrogens with two attached hydrogens (primary N) is 1. The minimum Gasteiger partial charge on any atom is -0.369 e. The normalized spacial score (nSPS) is 15.9. The molecule has 0 atom stereocenters. The van der Waals surface area contributed by atoms with Crippen molar-refractivity contribution in [1.82, 2.24) is 4.90 Å². The highest BCUT2D eigenvalue weighted by molar-refractivity contribution is 6.35. The maximum Gasteiger partial charge on any atom is 0.231 e. The largest absolute Gasteiger partial charge is 0.369 e. The fourth-order valence-electron chi connectivity index (χ4n) is 2.02. The van der Waals surface area contributed by atoms with Gasteiger partial charge in [0.25, 0.3) is 0 Å². The van der Waals surface area contributed by atoms with Crippen LogP contribution in [0.1, 0.15) is 11.1 Å². The molecule has 16 heavy (non-hydrogen) atoms. The molecule has 0 fully saturated rings. The molecule has 1 amide bonds. The summed E-state index contributed by atoms with van der Waals surface area (Å²) < 4.78 is 0. The first-order valence-electron chi connectivity index (χ1n) is 5.03. The average molecular weight is 259 g/mol. The van der Waals surface area contributed by atoms with Gasteiger partial charge < -0.3 is 5.73 Å². The molecule has 0 bridgehead atoms. The second kappa shape index (κ2) is 4.62. The molecule has 3 nitrogen and oxygen atoms in total. The molecular weight excluding hydrogens is 247 g/mol. The number of fused-ring (bicyclic) bond motifs is 1. The van der Waals surface area contributed by atoms with E-state index in [-0.39, 0.29) is 12.5 Å². The van der Waals surface area contributed by atoms with Crippen LogP contribution in [0.5, 0.6) is 0 Å². The Kier molecular flexibility index (Phi) is 3.38. The fraction of sp³-hybridized carbons (Fsp3) is 0.364. The molecule has 0 aliphatic carbocycles. The Morgan fingerprint density at radius 2 is 2.19 bits per heavy atom. The number of amides is 1. The number of rotatable bonds is 2. The van der Waals surface area contributed by atoms with E-state index in [1.54, 1.807) is 6.07 Å². The zero-order valence-corrected chi connectivity index (χ0v) is 10.2. The van der Waals surface area contributed by atoms with Crippen molar-refractivity contribution < 1.29 is 4.79 Å². The number of halogens is 2. The molecule has 0 spiro atoms. The molecule has 0 saturated carbocycles. The molecule has 1 aromatic carbocycles. The lowest BCUT2D eigenvalue weighted by molar-refractivity contribution is -0.119. The second-order valence-corrected chi connectivity index (χ2v) is 4.80. The summed E-state index contributed by atoms with van der Waals surface area (Å²) in [5, 5.41) is 1.34. The molecule has 1 aliphatic heterocycles. The van der Waals surface area contributed by atoms with Gasteiger partial charge in [-0.15, -0.1) is 0 Å². The van der Waals surface area contributed by atoms with Gasteiger partial charge in [0, 0.05) is 23.1 Å². The zero-order chi connectivity index (χ0) is 11.7. The number of primary amides is 1. The summed E-state index contributed by atoms with van der Waals surface area (Å²) in [4.78, 5) is 12.8. The molecular formula is C11H12Cl2N2O. The average Bonchev–Trinajstić information content (AvgIpc) is 2.15. The van der Waals surface area contributed by atoms with E-state index in [0.717, 1.165) is 24.1 Å². The lowest BCUT2D eigenvalue weighted by Gasteiger charge is -2.28. The van der Waals surface area contributed by atoms with Gasteiger partial charge in [-0.2, -0.15) is 0 Å². The summed E-state index contributed by atoms with van der Waals surface area (Å²) in [6.45, 7) is 1.76. The molecule has 0 radical (unpaired) electrons. The third-order valence-corrected chi connectivity index (χ3v) is 3.26. The molecule has 2 rings (SSSR count). The number of carbonyl (C=O) groups is 1. The summed E-state index contributed by atoms with van der Waals surface area (Å²) >= 11 is 12.0. The van der Waals surface area contributed by atoms with Crippen molar-refractivity contribution in [2.75, 3.05) is 13.1 Å². The first kappa shape index (κ1) is 11.7. The van der Waals surface area contributed by atoms with Crippen molar-refractivity contribution in [1.29, 1.82) is 0 Å². The standard InChI is InChI=1S/C11H12Cl2N2O/c12-8-3-7-5-15(6-11(14)16)2-1-9(7)10(13)4-8/h3-4H,1-2,5-6H2,(H2,14,16). The van der Waals surface area contributed by atoms with E-state index >= 15 is 0 Å². The SMILES string of the molecule is NC(=O)CN1CCc2c(Cl)cc(Cl)cc2C1. The maximum atomic E-state index is 10.8. The van der Waals surface area contributed by atoms with Crippen molar-refractivity contribution in [3.63, 3.8) is 0 Å². The van der Waals surface area contributed by atoms with Crippen molar-refractivity contribution in [3.8, 4) is 0 Å². The van der Waals surface area contributed by atoms with Crippen molar-refractivity contribution in [2.45, 2.75) is 13.0 Å². The lowest BCUT2D eigenvalue weighted by Crippen LogP contribution is -2.37. The van der Waals surface area contributed by atoms with Gasteiger partial charge in [0.1, 0.15) is 0 Å². The van der Waals surface area contributed by atoms with Crippen LogP contribution in [0.2, 0.25) is 10.0 Å². The Balaban J connectivity index is 2.23. The zero-order valence-electron chi connectivity index (χ0n) is 8.67. The van der Waals surface area contributed by atoms with Gasteiger partial charge >= 0.3 is 0 Å². The second-order valence-electron chi connectivity index (χ2n) is 3.95. The Morgan fingerprint density at radius 3 is 2.88 bits per heavy atom. The molecule has 5 heteroatoms. The van der Waals surface area contributed by atoms with E-state index in [2.05, 4.69) is 0 Å². The van der Waals surface area contributed by atoms with Gasteiger partial charge in [-0.25, -0.2) is 0 Å². The van der Waals surface area contributed by atoms with Crippen LogP contribution in [0.25, 0.3) is 0 Å². The van der Waals surface area contributed by atoms with Gasteiger partial charge in [-0.3, -0.25) is 9.69 Å². The predicted molar refractivity (Wildman–Crippen MR) is 64.6 cm³/mol. The summed E-state index contributed by atoms with van der Waals surface area (Å²) in [6, 6.07) is 3.65. The fourth-order valence-corrected chi connectivity index (χ4v) is 2.65. The third-order valence-electron chi connectivity index (χ3n) is 2.70. The number of nitrogens with zero attached hydrogens (tertiary/aromatic N) is 1. The van der Waals surface area contributed by atoms with Crippen LogP contribution in [0.3, 0.4) is 0 Å². The topological polar surface area (TPSA) is 46.3 Å². The van der Waals surface area contributed by atoms with Gasteiger partial charge in [0.15, 0.2) is 0 Å². The van der Waals surface area contributed by atoms with Gasteiger partial charge in [0.05, 0.1) is 6.54 Å². The highest BCUT2D eigenvalue weighted by Crippen LogP contribution is 2.29. The third kappa shape index (κ3) is 2.48. The number of hydrogen-bond acceptors (Lipinski definition) is 2. The van der Waals surface area contributed by atoms with Crippen molar-refractivity contribution in [2.24, 2.45) is 5.73 Å². The highest BCUT2D eigenvalue weighted by Gasteiger charge is 2.19. The van der Waals surface area contributed by atoms with Crippen LogP contribution in [0.15, 0.2) is 12.1 Å². The monoisotopic (exact) mass is 258 g/mol. The van der Waals surface area contributed by atoms with E-state index in [1.165, 1.54) is 0 Å². The first-order chi connectivity index (χ1) is 7.56. The number of carbonyl (C=O) groups excluding carboxylic acids is 1. The summed E-state index contributed by atoms with van der Waals surface area (Å²) in [6.07, 6.45) is 0.832. The molecule has 1 aliphatic rings. The van der Waals surface area contributed by atoms with Crippen LogP contribution >= 0.6 is 23.2 Å². The first-order valence-corrected chi connectivity index (χ1v) is 5.79. The summed E-state index contributed by atoms with van der Waals surface area (Å²) in [5.74, 6) is -0.309. The van der Waals surface area contributed by atoms with E-state index in [0.29, 0.717) is 16.6 Å². The van der Waals surface area contributed by atoms with Crippen LogP contribution in [0, 0.1) is 0 Å². The maximum absolute atomic E-state index is 10.8. The van der Waals surface area contributed by atoms with Gasteiger partial charge in [0.2, 0.25) is 5.91 Å². The number of hydrogen-bond donors (Lipinski definition) is 1. The van der Waals surface area contributed by atoms with Crippen molar-refractivity contribution >= 4 is 29.1 Å². The molecule has 1 aromatic rings. The van der Waals surface area contributed by atoms with E-state index < -0.39 is 0 Å². The van der Waals surface area contributed by atoms with Crippen LogP contribution in [-0.2, 0) is 17.8 Å².